The van der Waals surface area contributed by atoms with E-state index < -0.39 is 0 Å². The molecular formula is C29H41N11O3. The Bertz CT molecular complexity index is 1410. The number of nitrogens with one attached hydrogen (secondary N) is 1. The van der Waals surface area contributed by atoms with E-state index in [2.05, 4.69) is 35.2 Å². The van der Waals surface area contributed by atoms with Crippen LogP contribution in [0.5, 0.6) is 0 Å². The highest BCUT2D eigenvalue weighted by Crippen LogP contribution is 2.23. The third kappa shape index (κ3) is 7.62. The average molecular weight is 592 g/mol. The molecule has 2 aliphatic heterocycles. The standard InChI is InChI=1S/C29H41N11O3/c1-21(41)36-10-5-11-38(15-12-36)24-18-25(32-20-31-24)40-26(30)34-27(35-40)33-22-6-8-23(9-7-22)37-13-16-39(17-14-37)28(42)43-19-29(2,3)4/h6-9,18,20H,5,10-17,19H2,1-4H3,(H3,30,33,34,35). The first-order valence-electron chi connectivity index (χ1n) is 14.6. The number of rotatable bonds is 6. The summed E-state index contributed by atoms with van der Waals surface area (Å²) in [5.74, 6) is 1.88. The SMILES string of the molecule is CC(=O)N1CCCN(c2cc(-n3nc(Nc4ccc(N5CCN(C(=O)OCC(C)(C)C)CC5)cc4)nc3N)ncn2)CC1. The van der Waals surface area contributed by atoms with E-state index in [1.807, 2.05) is 56.0 Å². The van der Waals surface area contributed by atoms with E-state index in [1.165, 1.54) is 11.0 Å². The first-order valence-corrected chi connectivity index (χ1v) is 14.6. The number of amides is 2. The van der Waals surface area contributed by atoms with Gasteiger partial charge in [0.1, 0.15) is 12.1 Å². The summed E-state index contributed by atoms with van der Waals surface area (Å²) in [5.41, 5.74) is 8.04. The van der Waals surface area contributed by atoms with Crippen molar-refractivity contribution in [2.45, 2.75) is 34.1 Å². The molecule has 2 fully saturated rings. The van der Waals surface area contributed by atoms with Crippen molar-refractivity contribution < 1.29 is 14.3 Å². The average Bonchev–Trinajstić information content (AvgIpc) is 3.18. The molecule has 0 atom stereocenters. The minimum Gasteiger partial charge on any atom is -0.449 e. The second-order valence-corrected chi connectivity index (χ2v) is 12.0. The zero-order valence-corrected chi connectivity index (χ0v) is 25.4. The zero-order chi connectivity index (χ0) is 30.6. The number of hydrogen-bond acceptors (Lipinski definition) is 11. The topological polar surface area (TPSA) is 151 Å². The first-order chi connectivity index (χ1) is 20.6. The van der Waals surface area contributed by atoms with Crippen LogP contribution in [-0.4, -0.2) is 105 Å². The summed E-state index contributed by atoms with van der Waals surface area (Å²) in [4.78, 5) is 45.4. The molecule has 14 nitrogen and oxygen atoms in total. The molecule has 43 heavy (non-hydrogen) atoms. The maximum atomic E-state index is 12.4. The predicted octanol–water partition coefficient (Wildman–Crippen LogP) is 2.75. The molecule has 0 spiro atoms. The number of carbonyl (C=O) groups excluding carboxylic acids is 2. The first kappa shape index (κ1) is 29.9. The monoisotopic (exact) mass is 591 g/mol. The van der Waals surface area contributed by atoms with Gasteiger partial charge in [-0.05, 0) is 36.1 Å². The number of nitrogen functional groups attached to an aromatic ring is 1. The van der Waals surface area contributed by atoms with Crippen molar-refractivity contribution in [3.8, 4) is 5.82 Å². The van der Waals surface area contributed by atoms with Crippen LogP contribution in [0, 0.1) is 5.41 Å². The highest BCUT2D eigenvalue weighted by atomic mass is 16.6. The summed E-state index contributed by atoms with van der Waals surface area (Å²) in [6, 6.07) is 9.81. The van der Waals surface area contributed by atoms with Crippen LogP contribution in [0.25, 0.3) is 5.82 Å². The van der Waals surface area contributed by atoms with E-state index >= 15 is 0 Å². The van der Waals surface area contributed by atoms with Crippen molar-refractivity contribution in [1.82, 2.24) is 34.5 Å². The van der Waals surface area contributed by atoms with Crippen LogP contribution in [0.15, 0.2) is 36.7 Å². The van der Waals surface area contributed by atoms with Crippen molar-refractivity contribution in [1.29, 1.82) is 0 Å². The molecule has 2 amide bonds. The lowest BCUT2D eigenvalue weighted by Gasteiger charge is -2.36. The van der Waals surface area contributed by atoms with Gasteiger partial charge < -0.3 is 35.4 Å². The number of aromatic nitrogens is 5. The Hall–Kier alpha value is -4.62. The third-order valence-electron chi connectivity index (χ3n) is 7.41. The molecule has 230 valence electrons. The molecule has 2 saturated heterocycles. The molecular weight excluding hydrogens is 550 g/mol. The number of hydrogen-bond donors (Lipinski definition) is 2. The van der Waals surface area contributed by atoms with Gasteiger partial charge in [-0.15, -0.1) is 5.10 Å². The number of carbonyl (C=O) groups is 2. The van der Waals surface area contributed by atoms with Gasteiger partial charge in [0.05, 0.1) is 6.61 Å². The minimum atomic E-state index is -0.249. The van der Waals surface area contributed by atoms with Gasteiger partial charge in [-0.1, -0.05) is 20.8 Å². The third-order valence-corrected chi connectivity index (χ3v) is 7.41. The molecule has 1 aromatic carbocycles. The Kier molecular flexibility index (Phi) is 8.83. The Balaban J connectivity index is 1.18. The Morgan fingerprint density at radius 3 is 2.28 bits per heavy atom. The van der Waals surface area contributed by atoms with Crippen LogP contribution in [0.3, 0.4) is 0 Å². The minimum absolute atomic E-state index is 0.0553. The van der Waals surface area contributed by atoms with E-state index in [1.54, 1.807) is 11.8 Å². The summed E-state index contributed by atoms with van der Waals surface area (Å²) >= 11 is 0. The molecule has 0 aliphatic carbocycles. The summed E-state index contributed by atoms with van der Waals surface area (Å²) in [6.07, 6.45) is 2.10. The number of benzene rings is 1. The Morgan fingerprint density at radius 2 is 1.58 bits per heavy atom. The van der Waals surface area contributed by atoms with Crippen molar-refractivity contribution in [3.63, 3.8) is 0 Å². The number of ether oxygens (including phenoxy) is 1. The molecule has 14 heteroatoms. The fraction of sp³-hybridized carbons (Fsp3) is 0.517. The number of anilines is 5. The molecule has 2 aromatic heterocycles. The second kappa shape index (κ2) is 12.7. The van der Waals surface area contributed by atoms with Crippen molar-refractivity contribution in [2.24, 2.45) is 5.41 Å². The van der Waals surface area contributed by atoms with Crippen molar-refractivity contribution >= 4 is 41.1 Å². The predicted molar refractivity (Wildman–Crippen MR) is 165 cm³/mol. The van der Waals surface area contributed by atoms with Crippen LogP contribution in [0.1, 0.15) is 34.1 Å². The molecule has 5 rings (SSSR count). The molecule has 2 aliphatic rings. The van der Waals surface area contributed by atoms with Gasteiger partial charge in [-0.3, -0.25) is 4.79 Å². The van der Waals surface area contributed by atoms with Gasteiger partial charge >= 0.3 is 6.09 Å². The summed E-state index contributed by atoms with van der Waals surface area (Å²) in [7, 11) is 0. The largest absolute Gasteiger partial charge is 0.449 e. The Labute approximate surface area is 251 Å². The van der Waals surface area contributed by atoms with E-state index in [4.69, 9.17) is 10.5 Å². The van der Waals surface area contributed by atoms with Gasteiger partial charge in [0, 0.05) is 76.7 Å². The van der Waals surface area contributed by atoms with Gasteiger partial charge in [-0.2, -0.15) is 9.67 Å². The van der Waals surface area contributed by atoms with Crippen molar-refractivity contribution in [2.75, 3.05) is 79.8 Å². The smallest absolute Gasteiger partial charge is 0.409 e. The van der Waals surface area contributed by atoms with Crippen LogP contribution >= 0.6 is 0 Å². The molecule has 0 unspecified atom stereocenters. The van der Waals surface area contributed by atoms with Gasteiger partial charge in [0.15, 0.2) is 5.82 Å². The van der Waals surface area contributed by atoms with Gasteiger partial charge in [0.2, 0.25) is 17.8 Å². The Morgan fingerprint density at radius 1 is 0.907 bits per heavy atom. The number of nitrogens with zero attached hydrogens (tertiary/aromatic N) is 9. The lowest BCUT2D eigenvalue weighted by atomic mass is 9.99. The fourth-order valence-corrected chi connectivity index (χ4v) is 5.03. The van der Waals surface area contributed by atoms with Gasteiger partial charge in [0.25, 0.3) is 0 Å². The van der Waals surface area contributed by atoms with Crippen LogP contribution in [-0.2, 0) is 9.53 Å². The zero-order valence-electron chi connectivity index (χ0n) is 25.4. The van der Waals surface area contributed by atoms with E-state index in [0.29, 0.717) is 44.6 Å². The molecule has 3 aromatic rings. The van der Waals surface area contributed by atoms with E-state index in [-0.39, 0.29) is 23.4 Å². The van der Waals surface area contributed by atoms with Crippen LogP contribution < -0.4 is 20.9 Å². The van der Waals surface area contributed by atoms with E-state index in [9.17, 15) is 9.59 Å². The number of nitrogens with two attached hydrogens (primary N) is 1. The molecule has 0 saturated carbocycles. The van der Waals surface area contributed by atoms with Crippen LogP contribution in [0.2, 0.25) is 0 Å². The number of piperazine rings is 1. The second-order valence-electron chi connectivity index (χ2n) is 12.0. The molecule has 4 heterocycles. The molecule has 3 N–H and O–H groups in total. The highest BCUT2D eigenvalue weighted by molar-refractivity contribution is 5.73. The summed E-state index contributed by atoms with van der Waals surface area (Å²) < 4.78 is 6.94. The highest BCUT2D eigenvalue weighted by Gasteiger charge is 2.24. The summed E-state index contributed by atoms with van der Waals surface area (Å²) in [5, 5.41) is 7.74. The quantitative estimate of drug-likeness (QED) is 0.435. The van der Waals surface area contributed by atoms with Crippen LogP contribution in [0.4, 0.5) is 33.9 Å². The lowest BCUT2D eigenvalue weighted by Crippen LogP contribution is -2.49. The maximum absolute atomic E-state index is 12.4. The molecule has 0 radical (unpaired) electrons. The fourth-order valence-electron chi connectivity index (χ4n) is 5.03. The summed E-state index contributed by atoms with van der Waals surface area (Å²) in [6.45, 7) is 13.7. The maximum Gasteiger partial charge on any atom is 0.409 e. The van der Waals surface area contributed by atoms with E-state index in [0.717, 1.165) is 49.8 Å². The van der Waals surface area contributed by atoms with Gasteiger partial charge in [-0.25, -0.2) is 14.8 Å². The van der Waals surface area contributed by atoms with Crippen molar-refractivity contribution in [3.05, 3.63) is 36.7 Å². The lowest BCUT2D eigenvalue weighted by molar-refractivity contribution is -0.128. The normalized spacial score (nSPS) is 16.2. The molecule has 0 bridgehead atoms.